The van der Waals surface area contributed by atoms with E-state index in [4.69, 9.17) is 15.2 Å². The van der Waals surface area contributed by atoms with Gasteiger partial charge in [0, 0.05) is 0 Å². The van der Waals surface area contributed by atoms with E-state index in [2.05, 4.69) is 15.0 Å². The second kappa shape index (κ2) is 7.04. The molecule has 0 amide bonds. The predicted molar refractivity (Wildman–Crippen MR) is 96.8 cm³/mol. The maximum Gasteiger partial charge on any atom is 0.361 e. The smallest absolute Gasteiger partial charge is 0.361 e. The summed E-state index contributed by atoms with van der Waals surface area (Å²) >= 11 is 0. The highest BCUT2D eigenvalue weighted by atomic mass is 16.6. The summed E-state index contributed by atoms with van der Waals surface area (Å²) < 4.78 is 10.8. The number of carbonyl (C=O) groups excluding carboxylic acids is 1. The SMILES string of the molecule is NC1(C(=O)Oc2ccccc2)N=CN=C2C1=NCN2[C@@H]1O[C@H](CO)[C@@H](O)[C@H]1O. The average molecular weight is 389 g/mol. The number of nitrogens with two attached hydrogens (primary N) is 1. The summed E-state index contributed by atoms with van der Waals surface area (Å²) in [5, 5.41) is 29.5. The topological polar surface area (TPSA) is 163 Å². The summed E-state index contributed by atoms with van der Waals surface area (Å²) in [4.78, 5) is 26.5. The molecule has 1 saturated heterocycles. The van der Waals surface area contributed by atoms with E-state index in [1.807, 2.05) is 0 Å². The maximum absolute atomic E-state index is 12.7. The van der Waals surface area contributed by atoms with Crippen LogP contribution < -0.4 is 10.5 Å². The Labute approximate surface area is 159 Å². The molecule has 0 saturated carbocycles. The number of para-hydroxylation sites is 1. The van der Waals surface area contributed by atoms with E-state index in [-0.39, 0.29) is 18.2 Å². The van der Waals surface area contributed by atoms with Gasteiger partial charge in [-0.25, -0.2) is 14.8 Å². The Morgan fingerprint density at radius 1 is 1.32 bits per heavy atom. The van der Waals surface area contributed by atoms with Crippen LogP contribution in [0.2, 0.25) is 0 Å². The van der Waals surface area contributed by atoms with E-state index >= 15 is 0 Å². The summed E-state index contributed by atoms with van der Waals surface area (Å²) in [5.74, 6) is -0.364. The maximum atomic E-state index is 12.7. The van der Waals surface area contributed by atoms with Crippen LogP contribution in [0.5, 0.6) is 5.75 Å². The third-order valence-electron chi connectivity index (χ3n) is 4.76. The number of benzene rings is 1. The zero-order valence-corrected chi connectivity index (χ0v) is 14.6. The molecule has 1 aromatic rings. The van der Waals surface area contributed by atoms with Crippen LogP contribution in [0.25, 0.3) is 0 Å². The summed E-state index contributed by atoms with van der Waals surface area (Å²) in [5.41, 5.74) is 4.36. The van der Waals surface area contributed by atoms with Crippen LogP contribution in [0.1, 0.15) is 0 Å². The van der Waals surface area contributed by atoms with E-state index in [1.165, 1.54) is 4.90 Å². The Bertz CT molecular complexity index is 859. The van der Waals surface area contributed by atoms with Gasteiger partial charge in [0.15, 0.2) is 12.1 Å². The monoisotopic (exact) mass is 389 g/mol. The first-order valence-electron chi connectivity index (χ1n) is 8.58. The van der Waals surface area contributed by atoms with Crippen LogP contribution in [-0.4, -0.2) is 87.6 Å². The van der Waals surface area contributed by atoms with E-state index in [1.54, 1.807) is 30.3 Å². The van der Waals surface area contributed by atoms with E-state index in [9.17, 15) is 20.1 Å². The minimum absolute atomic E-state index is 0.0261. The van der Waals surface area contributed by atoms with Gasteiger partial charge in [0.2, 0.25) is 0 Å². The van der Waals surface area contributed by atoms with Crippen LogP contribution in [0.4, 0.5) is 0 Å². The number of amidine groups is 1. The number of aliphatic hydroxyl groups excluding tert-OH is 3. The number of ether oxygens (including phenoxy) is 2. The van der Waals surface area contributed by atoms with Crippen molar-refractivity contribution in [1.82, 2.24) is 4.90 Å². The van der Waals surface area contributed by atoms with Crippen LogP contribution in [0.15, 0.2) is 45.3 Å². The number of hydrogen-bond donors (Lipinski definition) is 4. The summed E-state index contributed by atoms with van der Waals surface area (Å²) in [7, 11) is 0. The molecule has 1 fully saturated rings. The molecule has 3 heterocycles. The zero-order chi connectivity index (χ0) is 19.9. The molecular formula is C17H19N5O6. The van der Waals surface area contributed by atoms with E-state index in [0.717, 1.165) is 6.34 Å². The van der Waals surface area contributed by atoms with Gasteiger partial charge in [0.05, 0.1) is 6.61 Å². The van der Waals surface area contributed by atoms with Crippen molar-refractivity contribution < 1.29 is 29.6 Å². The molecule has 3 aliphatic rings. The van der Waals surface area contributed by atoms with Crippen molar-refractivity contribution in [1.29, 1.82) is 0 Å². The second-order valence-electron chi connectivity index (χ2n) is 6.51. The Hall–Kier alpha value is -2.70. The molecule has 5 atom stereocenters. The molecule has 4 rings (SSSR count). The molecule has 0 spiro atoms. The molecule has 0 aromatic heterocycles. The summed E-state index contributed by atoms with van der Waals surface area (Å²) in [6, 6.07) is 8.40. The lowest BCUT2D eigenvalue weighted by atomic mass is 10.0. The van der Waals surface area contributed by atoms with Gasteiger partial charge in [-0.05, 0) is 12.1 Å². The van der Waals surface area contributed by atoms with Gasteiger partial charge in [-0.2, -0.15) is 0 Å². The highest BCUT2D eigenvalue weighted by Gasteiger charge is 2.53. The molecular weight excluding hydrogens is 370 g/mol. The van der Waals surface area contributed by atoms with Gasteiger partial charge in [-0.15, -0.1) is 0 Å². The number of aliphatic imine (C=N–C) groups is 3. The third-order valence-corrected chi connectivity index (χ3v) is 4.76. The Balaban J connectivity index is 1.56. The zero-order valence-electron chi connectivity index (χ0n) is 14.6. The largest absolute Gasteiger partial charge is 0.423 e. The van der Waals surface area contributed by atoms with Crippen molar-refractivity contribution in [3.63, 3.8) is 0 Å². The number of fused-ring (bicyclic) bond motifs is 1. The molecule has 11 heteroatoms. The van der Waals surface area contributed by atoms with Crippen molar-refractivity contribution in [2.75, 3.05) is 13.3 Å². The molecule has 0 radical (unpaired) electrons. The van der Waals surface area contributed by atoms with Crippen molar-refractivity contribution in [2.45, 2.75) is 30.2 Å². The number of rotatable bonds is 4. The standard InChI is InChI=1S/C17H19N5O6/c18-17(16(26)27-9-4-2-1-3-5-9)13-14(19-7-21-17)22(8-20-13)15-12(25)11(24)10(6-23)28-15/h1-5,7,10-12,15,23-25H,6,8,18H2/t10-,11-,12-,15-,17?/m1/s1. The molecule has 1 unspecified atom stereocenters. The fourth-order valence-corrected chi connectivity index (χ4v) is 3.24. The molecule has 11 nitrogen and oxygen atoms in total. The normalized spacial score (nSPS) is 34.1. The molecule has 0 aliphatic carbocycles. The average Bonchev–Trinajstić information content (AvgIpc) is 3.25. The second-order valence-corrected chi connectivity index (χ2v) is 6.51. The lowest BCUT2D eigenvalue weighted by molar-refractivity contribution is -0.137. The Morgan fingerprint density at radius 3 is 2.75 bits per heavy atom. The van der Waals surface area contributed by atoms with Crippen LogP contribution in [0.3, 0.4) is 0 Å². The number of esters is 1. The predicted octanol–water partition coefficient (Wildman–Crippen LogP) is -2.16. The van der Waals surface area contributed by atoms with Crippen molar-refractivity contribution in [3.05, 3.63) is 30.3 Å². The van der Waals surface area contributed by atoms with Crippen molar-refractivity contribution in [2.24, 2.45) is 20.7 Å². The highest BCUT2D eigenvalue weighted by molar-refractivity contribution is 6.51. The van der Waals surface area contributed by atoms with Gasteiger partial charge in [-0.3, -0.25) is 10.7 Å². The van der Waals surface area contributed by atoms with Gasteiger partial charge >= 0.3 is 5.97 Å². The Kier molecular flexibility index (Phi) is 4.69. The minimum Gasteiger partial charge on any atom is -0.423 e. The van der Waals surface area contributed by atoms with Gasteiger partial charge in [0.1, 0.15) is 42.8 Å². The fraction of sp³-hybridized carbons (Fsp3) is 0.412. The minimum atomic E-state index is -1.92. The quantitative estimate of drug-likeness (QED) is 0.334. The molecule has 148 valence electrons. The lowest BCUT2D eigenvalue weighted by Gasteiger charge is -2.31. The first-order chi connectivity index (χ1) is 13.5. The lowest BCUT2D eigenvalue weighted by Crippen LogP contribution is -2.60. The first-order valence-corrected chi connectivity index (χ1v) is 8.58. The number of hydrogen-bond acceptors (Lipinski definition) is 11. The van der Waals surface area contributed by atoms with Crippen LogP contribution >= 0.6 is 0 Å². The van der Waals surface area contributed by atoms with Gasteiger partial charge < -0.3 is 29.7 Å². The van der Waals surface area contributed by atoms with E-state index < -0.39 is 42.8 Å². The van der Waals surface area contributed by atoms with Crippen molar-refractivity contribution in [3.8, 4) is 5.75 Å². The molecule has 0 bridgehead atoms. The van der Waals surface area contributed by atoms with Crippen molar-refractivity contribution >= 4 is 23.9 Å². The van der Waals surface area contributed by atoms with E-state index in [0.29, 0.717) is 5.75 Å². The highest BCUT2D eigenvalue weighted by Crippen LogP contribution is 2.29. The molecule has 28 heavy (non-hydrogen) atoms. The number of aliphatic hydroxyl groups is 3. The molecule has 3 aliphatic heterocycles. The number of carbonyl (C=O) groups is 1. The van der Waals surface area contributed by atoms with Crippen LogP contribution in [-0.2, 0) is 9.53 Å². The summed E-state index contributed by atoms with van der Waals surface area (Å²) in [6.07, 6.45) is -3.44. The Morgan fingerprint density at radius 2 is 2.07 bits per heavy atom. The summed E-state index contributed by atoms with van der Waals surface area (Å²) in [6.45, 7) is -0.490. The van der Waals surface area contributed by atoms with Gasteiger partial charge in [-0.1, -0.05) is 18.2 Å². The molecule has 5 N–H and O–H groups in total. The van der Waals surface area contributed by atoms with Gasteiger partial charge in [0.25, 0.3) is 5.66 Å². The third kappa shape index (κ3) is 2.89. The molecule has 1 aromatic carbocycles. The fourth-order valence-electron chi connectivity index (χ4n) is 3.24. The first kappa shape index (κ1) is 18.7. The number of nitrogens with zero attached hydrogens (tertiary/aromatic N) is 4. The van der Waals surface area contributed by atoms with Crippen LogP contribution in [0, 0.1) is 0 Å².